The summed E-state index contributed by atoms with van der Waals surface area (Å²) in [6, 6.07) is 5.32. The van der Waals surface area contributed by atoms with Gasteiger partial charge in [0.15, 0.2) is 6.10 Å². The number of fused-ring (bicyclic) bond motifs is 1. The third kappa shape index (κ3) is 3.88. The van der Waals surface area contributed by atoms with E-state index in [9.17, 15) is 9.59 Å². The summed E-state index contributed by atoms with van der Waals surface area (Å²) in [5.41, 5.74) is 0.876. The van der Waals surface area contributed by atoms with Crippen LogP contribution in [0.1, 0.15) is 19.4 Å². The molecule has 1 aliphatic heterocycles. The largest absolute Gasteiger partial charge is 0.492 e. The molecule has 114 valence electrons. The van der Waals surface area contributed by atoms with Gasteiger partial charge in [-0.2, -0.15) is 0 Å². The van der Waals surface area contributed by atoms with Crippen molar-refractivity contribution in [3.05, 3.63) is 28.8 Å². The molecule has 1 heterocycles. The van der Waals surface area contributed by atoms with E-state index in [1.165, 1.54) is 0 Å². The summed E-state index contributed by atoms with van der Waals surface area (Å²) in [5, 5.41) is 3.21. The quantitative estimate of drug-likeness (QED) is 0.863. The number of nitrogens with one attached hydrogen (secondary N) is 1. The van der Waals surface area contributed by atoms with Crippen LogP contribution in [-0.2, 0) is 20.7 Å². The molecule has 0 aromatic heterocycles. The highest BCUT2D eigenvalue weighted by Crippen LogP contribution is 2.30. The Morgan fingerprint density at radius 1 is 1.52 bits per heavy atom. The fourth-order valence-electron chi connectivity index (χ4n) is 2.16. The van der Waals surface area contributed by atoms with E-state index in [1.54, 1.807) is 25.1 Å². The molecule has 1 amide bonds. The predicted octanol–water partition coefficient (Wildman–Crippen LogP) is 1.96. The molecular formula is C15H18ClNO4. The van der Waals surface area contributed by atoms with Gasteiger partial charge in [0.2, 0.25) is 0 Å². The van der Waals surface area contributed by atoms with Crippen LogP contribution in [0.15, 0.2) is 18.2 Å². The van der Waals surface area contributed by atoms with Crippen molar-refractivity contribution in [2.45, 2.75) is 26.4 Å². The van der Waals surface area contributed by atoms with Crippen LogP contribution in [-0.4, -0.2) is 31.1 Å². The third-order valence-corrected chi connectivity index (χ3v) is 3.51. The minimum absolute atomic E-state index is 0.246. The molecule has 21 heavy (non-hydrogen) atoms. The Bertz CT molecular complexity index is 546. The monoisotopic (exact) mass is 311 g/mol. The van der Waals surface area contributed by atoms with Crippen LogP contribution in [0.2, 0.25) is 5.02 Å². The third-order valence-electron chi connectivity index (χ3n) is 3.28. The second-order valence-corrected chi connectivity index (χ2v) is 5.37. The van der Waals surface area contributed by atoms with Crippen molar-refractivity contribution in [1.82, 2.24) is 5.32 Å². The first kappa shape index (κ1) is 15.6. The van der Waals surface area contributed by atoms with Crippen molar-refractivity contribution in [1.29, 1.82) is 0 Å². The summed E-state index contributed by atoms with van der Waals surface area (Å²) in [6.07, 6.45) is -0.310. The average molecular weight is 312 g/mol. The van der Waals surface area contributed by atoms with Gasteiger partial charge in [0.25, 0.3) is 5.91 Å². The molecule has 1 aromatic carbocycles. The Morgan fingerprint density at radius 2 is 2.29 bits per heavy atom. The van der Waals surface area contributed by atoms with Crippen LogP contribution < -0.4 is 10.1 Å². The van der Waals surface area contributed by atoms with Crippen molar-refractivity contribution in [3.63, 3.8) is 0 Å². The highest BCUT2D eigenvalue weighted by atomic mass is 35.5. The van der Waals surface area contributed by atoms with E-state index in [0.717, 1.165) is 11.3 Å². The Hall–Kier alpha value is -1.75. The molecule has 0 spiro atoms. The Morgan fingerprint density at radius 3 is 3.00 bits per heavy atom. The van der Waals surface area contributed by atoms with Crippen LogP contribution in [0.5, 0.6) is 5.75 Å². The summed E-state index contributed by atoms with van der Waals surface area (Å²) in [6.45, 7) is 4.11. The van der Waals surface area contributed by atoms with E-state index in [-0.39, 0.29) is 12.5 Å². The van der Waals surface area contributed by atoms with Gasteiger partial charge in [0.1, 0.15) is 12.4 Å². The van der Waals surface area contributed by atoms with Crippen molar-refractivity contribution in [2.24, 2.45) is 5.92 Å². The molecule has 1 N–H and O–H groups in total. The van der Waals surface area contributed by atoms with E-state index >= 15 is 0 Å². The first-order valence-electron chi connectivity index (χ1n) is 6.90. The maximum atomic E-state index is 12.1. The molecule has 2 atom stereocenters. The Balaban J connectivity index is 1.97. The number of halogens is 1. The smallest absolute Gasteiger partial charge is 0.313 e. The highest BCUT2D eigenvalue weighted by molar-refractivity contribution is 6.30. The Kier molecular flexibility index (Phi) is 5.07. The number of carbonyl (C=O) groups is 2. The lowest BCUT2D eigenvalue weighted by atomic mass is 9.97. The van der Waals surface area contributed by atoms with E-state index in [4.69, 9.17) is 21.1 Å². The molecule has 0 fully saturated rings. The lowest BCUT2D eigenvalue weighted by molar-refractivity contribution is -0.160. The molecule has 0 aliphatic carbocycles. The summed E-state index contributed by atoms with van der Waals surface area (Å²) in [5.74, 6) is -0.418. The molecule has 6 heteroatoms. The topological polar surface area (TPSA) is 64.6 Å². The minimum Gasteiger partial charge on any atom is -0.492 e. The van der Waals surface area contributed by atoms with Crippen molar-refractivity contribution >= 4 is 23.5 Å². The van der Waals surface area contributed by atoms with Gasteiger partial charge in [-0.05, 0) is 44.0 Å². The van der Waals surface area contributed by atoms with Crippen LogP contribution in [0.25, 0.3) is 0 Å². The lowest BCUT2D eigenvalue weighted by Crippen LogP contribution is -2.38. The minimum atomic E-state index is -0.807. The molecule has 0 radical (unpaired) electrons. The lowest BCUT2D eigenvalue weighted by Gasteiger charge is -2.25. The number of rotatable bonds is 4. The molecule has 1 aromatic rings. The SMILES string of the molecule is CCNC(=O)[C@H](C)OC(=O)[C@@H]1COc2ccc(Cl)cc2C1. The van der Waals surface area contributed by atoms with Gasteiger partial charge < -0.3 is 14.8 Å². The molecular weight excluding hydrogens is 294 g/mol. The maximum Gasteiger partial charge on any atom is 0.313 e. The van der Waals surface area contributed by atoms with Gasteiger partial charge in [0, 0.05) is 11.6 Å². The first-order chi connectivity index (χ1) is 10.0. The summed E-state index contributed by atoms with van der Waals surface area (Å²) >= 11 is 5.94. The zero-order chi connectivity index (χ0) is 15.4. The zero-order valence-electron chi connectivity index (χ0n) is 12.0. The van der Waals surface area contributed by atoms with E-state index in [0.29, 0.717) is 18.0 Å². The van der Waals surface area contributed by atoms with Crippen LogP contribution in [0.4, 0.5) is 0 Å². The summed E-state index contributed by atoms with van der Waals surface area (Å²) < 4.78 is 10.7. The highest BCUT2D eigenvalue weighted by Gasteiger charge is 2.29. The zero-order valence-corrected chi connectivity index (χ0v) is 12.8. The molecule has 0 bridgehead atoms. The van der Waals surface area contributed by atoms with Gasteiger partial charge in [-0.15, -0.1) is 0 Å². The molecule has 5 nitrogen and oxygen atoms in total. The van der Waals surface area contributed by atoms with Gasteiger partial charge in [-0.1, -0.05) is 11.6 Å². The average Bonchev–Trinajstić information content (AvgIpc) is 2.46. The van der Waals surface area contributed by atoms with E-state index in [2.05, 4.69) is 5.32 Å². The number of amides is 1. The fraction of sp³-hybridized carbons (Fsp3) is 0.467. The number of carbonyl (C=O) groups excluding carboxylic acids is 2. The number of esters is 1. The number of hydrogen-bond acceptors (Lipinski definition) is 4. The summed E-state index contributed by atoms with van der Waals surface area (Å²) in [7, 11) is 0. The number of benzene rings is 1. The number of hydrogen-bond donors (Lipinski definition) is 1. The predicted molar refractivity (Wildman–Crippen MR) is 78.4 cm³/mol. The van der Waals surface area contributed by atoms with Gasteiger partial charge in [-0.25, -0.2) is 0 Å². The number of ether oxygens (including phenoxy) is 2. The summed E-state index contributed by atoms with van der Waals surface area (Å²) in [4.78, 5) is 23.7. The van der Waals surface area contributed by atoms with E-state index < -0.39 is 18.0 Å². The fourth-order valence-corrected chi connectivity index (χ4v) is 2.35. The molecule has 0 saturated carbocycles. The second kappa shape index (κ2) is 6.80. The second-order valence-electron chi connectivity index (χ2n) is 4.94. The van der Waals surface area contributed by atoms with Crippen LogP contribution >= 0.6 is 11.6 Å². The maximum absolute atomic E-state index is 12.1. The van der Waals surface area contributed by atoms with E-state index in [1.807, 2.05) is 6.92 Å². The number of likely N-dealkylation sites (N-methyl/N-ethyl adjacent to an activating group) is 1. The van der Waals surface area contributed by atoms with Crippen LogP contribution in [0, 0.1) is 5.92 Å². The van der Waals surface area contributed by atoms with Gasteiger partial charge >= 0.3 is 5.97 Å². The van der Waals surface area contributed by atoms with Crippen molar-refractivity contribution in [2.75, 3.05) is 13.2 Å². The molecule has 0 saturated heterocycles. The molecule has 2 rings (SSSR count). The standard InChI is InChI=1S/C15H18ClNO4/c1-3-17-14(18)9(2)21-15(19)11-6-10-7-12(16)4-5-13(10)20-8-11/h4-5,7,9,11H,3,6,8H2,1-2H3,(H,17,18)/t9-,11-/m0/s1. The Labute approximate surface area is 128 Å². The normalized spacial score (nSPS) is 18.1. The van der Waals surface area contributed by atoms with Crippen molar-refractivity contribution in [3.8, 4) is 5.75 Å². The molecule has 0 unspecified atom stereocenters. The van der Waals surface area contributed by atoms with Crippen LogP contribution in [0.3, 0.4) is 0 Å². The molecule has 1 aliphatic rings. The first-order valence-corrected chi connectivity index (χ1v) is 7.28. The van der Waals surface area contributed by atoms with Crippen molar-refractivity contribution < 1.29 is 19.1 Å². The van der Waals surface area contributed by atoms with Gasteiger partial charge in [0.05, 0.1) is 5.92 Å². The van der Waals surface area contributed by atoms with Gasteiger partial charge in [-0.3, -0.25) is 9.59 Å².